The molecule has 1 aromatic carbocycles. The molecule has 0 bridgehead atoms. The summed E-state index contributed by atoms with van der Waals surface area (Å²) >= 11 is 0. The van der Waals surface area contributed by atoms with Crippen molar-refractivity contribution in [3.05, 3.63) is 48.5 Å². The van der Waals surface area contributed by atoms with Crippen molar-refractivity contribution in [1.29, 1.82) is 0 Å². The number of aromatic nitrogens is 2. The summed E-state index contributed by atoms with van der Waals surface area (Å²) in [6.07, 6.45) is 5.57. The molecule has 2 aromatic rings. The molecule has 0 fully saturated rings. The van der Waals surface area contributed by atoms with Gasteiger partial charge in [-0.3, -0.25) is 4.79 Å². The van der Waals surface area contributed by atoms with Gasteiger partial charge in [0.25, 0.3) is 0 Å². The smallest absolute Gasteiger partial charge is 0.164 e. The number of phenols is 1. The fraction of sp³-hybridized carbons (Fsp3) is 0.167. The lowest BCUT2D eigenvalue weighted by atomic mass is 10.1. The van der Waals surface area contributed by atoms with Crippen LogP contribution in [0.5, 0.6) is 5.75 Å². The van der Waals surface area contributed by atoms with Crippen LogP contribution in [0.25, 0.3) is 0 Å². The molecule has 1 heterocycles. The standard InChI is InChI=1S/C12H12N2O2/c15-11-3-1-2-10(8-11)12(16)4-6-14-7-5-13-9-14/h1-3,5,7-9,15H,4,6H2. The first-order valence-corrected chi connectivity index (χ1v) is 5.04. The second-order valence-electron chi connectivity index (χ2n) is 3.52. The molecule has 0 radical (unpaired) electrons. The predicted octanol–water partition coefficient (Wildman–Crippen LogP) is 1.86. The normalized spacial score (nSPS) is 10.2. The van der Waals surface area contributed by atoms with Crippen molar-refractivity contribution < 1.29 is 9.90 Å². The lowest BCUT2D eigenvalue weighted by Crippen LogP contribution is -2.04. The van der Waals surface area contributed by atoms with Crippen LogP contribution in [0.4, 0.5) is 0 Å². The highest BCUT2D eigenvalue weighted by Crippen LogP contribution is 2.12. The zero-order chi connectivity index (χ0) is 11.4. The lowest BCUT2D eigenvalue weighted by Gasteiger charge is -2.02. The van der Waals surface area contributed by atoms with E-state index in [4.69, 9.17) is 0 Å². The van der Waals surface area contributed by atoms with E-state index in [1.54, 1.807) is 30.7 Å². The molecular formula is C12H12N2O2. The zero-order valence-corrected chi connectivity index (χ0v) is 8.71. The van der Waals surface area contributed by atoms with Crippen molar-refractivity contribution in [2.45, 2.75) is 13.0 Å². The van der Waals surface area contributed by atoms with Gasteiger partial charge in [0.1, 0.15) is 5.75 Å². The van der Waals surface area contributed by atoms with Crippen LogP contribution in [-0.4, -0.2) is 20.4 Å². The van der Waals surface area contributed by atoms with Crippen LogP contribution >= 0.6 is 0 Å². The molecule has 1 N–H and O–H groups in total. The zero-order valence-electron chi connectivity index (χ0n) is 8.71. The van der Waals surface area contributed by atoms with Gasteiger partial charge in [-0.2, -0.15) is 0 Å². The van der Waals surface area contributed by atoms with Gasteiger partial charge in [-0.05, 0) is 12.1 Å². The van der Waals surface area contributed by atoms with E-state index in [0.717, 1.165) is 0 Å². The van der Waals surface area contributed by atoms with Crippen LogP contribution in [0.1, 0.15) is 16.8 Å². The van der Waals surface area contributed by atoms with Crippen LogP contribution in [0.2, 0.25) is 0 Å². The SMILES string of the molecule is O=C(CCn1ccnc1)c1cccc(O)c1. The third kappa shape index (κ3) is 2.48. The highest BCUT2D eigenvalue weighted by Gasteiger charge is 2.06. The Hall–Kier alpha value is -2.10. The quantitative estimate of drug-likeness (QED) is 0.793. The monoisotopic (exact) mass is 216 g/mol. The number of benzene rings is 1. The number of aromatic hydroxyl groups is 1. The molecular weight excluding hydrogens is 204 g/mol. The first kappa shape index (κ1) is 10.4. The van der Waals surface area contributed by atoms with Gasteiger partial charge in [-0.25, -0.2) is 4.98 Å². The average Bonchev–Trinajstić information content (AvgIpc) is 2.78. The van der Waals surface area contributed by atoms with Crippen LogP contribution in [0.3, 0.4) is 0 Å². The first-order valence-electron chi connectivity index (χ1n) is 5.04. The summed E-state index contributed by atoms with van der Waals surface area (Å²) in [5.74, 6) is 0.137. The maximum atomic E-state index is 11.7. The maximum absolute atomic E-state index is 11.7. The Morgan fingerprint density at radius 2 is 2.31 bits per heavy atom. The number of nitrogens with zero attached hydrogens (tertiary/aromatic N) is 2. The van der Waals surface area contributed by atoms with Crippen LogP contribution in [0.15, 0.2) is 43.0 Å². The molecule has 0 unspecified atom stereocenters. The van der Waals surface area contributed by atoms with Gasteiger partial charge in [-0.15, -0.1) is 0 Å². The van der Waals surface area contributed by atoms with Crippen molar-refractivity contribution in [2.75, 3.05) is 0 Å². The lowest BCUT2D eigenvalue weighted by molar-refractivity contribution is 0.0976. The van der Waals surface area contributed by atoms with E-state index in [0.29, 0.717) is 18.5 Å². The highest BCUT2D eigenvalue weighted by molar-refractivity contribution is 5.96. The van der Waals surface area contributed by atoms with E-state index in [2.05, 4.69) is 4.98 Å². The first-order chi connectivity index (χ1) is 7.75. The summed E-state index contributed by atoms with van der Waals surface area (Å²) in [6, 6.07) is 6.40. The van der Waals surface area contributed by atoms with Gasteiger partial charge in [0.15, 0.2) is 5.78 Å². The van der Waals surface area contributed by atoms with Crippen LogP contribution < -0.4 is 0 Å². The third-order valence-corrected chi connectivity index (χ3v) is 2.32. The number of aryl methyl sites for hydroxylation is 1. The van der Waals surface area contributed by atoms with E-state index in [1.807, 2.05) is 10.8 Å². The van der Waals surface area contributed by atoms with Crippen molar-refractivity contribution in [3.8, 4) is 5.75 Å². The Kier molecular flexibility index (Phi) is 3.00. The van der Waals surface area contributed by atoms with Gasteiger partial charge in [0, 0.05) is 30.9 Å². The summed E-state index contributed by atoms with van der Waals surface area (Å²) in [5.41, 5.74) is 0.542. The fourth-order valence-electron chi connectivity index (χ4n) is 1.47. The molecule has 0 aliphatic heterocycles. The molecule has 0 aliphatic rings. The summed E-state index contributed by atoms with van der Waals surface area (Å²) < 4.78 is 1.85. The minimum absolute atomic E-state index is 0.0181. The Labute approximate surface area is 93.2 Å². The van der Waals surface area contributed by atoms with Gasteiger partial charge in [0.05, 0.1) is 6.33 Å². The number of carbonyl (C=O) groups excluding carboxylic acids is 1. The Morgan fingerprint density at radius 3 is 3.00 bits per heavy atom. The number of carbonyl (C=O) groups is 1. The van der Waals surface area contributed by atoms with E-state index in [9.17, 15) is 9.90 Å². The minimum atomic E-state index is 0.0181. The second-order valence-corrected chi connectivity index (χ2v) is 3.52. The molecule has 4 heteroatoms. The Balaban J connectivity index is 1.98. The Morgan fingerprint density at radius 1 is 1.44 bits per heavy atom. The van der Waals surface area contributed by atoms with Crippen molar-refractivity contribution in [1.82, 2.24) is 9.55 Å². The van der Waals surface area contributed by atoms with Crippen LogP contribution in [-0.2, 0) is 6.54 Å². The van der Waals surface area contributed by atoms with Gasteiger partial charge >= 0.3 is 0 Å². The van der Waals surface area contributed by atoms with Crippen molar-refractivity contribution in [3.63, 3.8) is 0 Å². The minimum Gasteiger partial charge on any atom is -0.508 e. The molecule has 0 spiro atoms. The molecule has 0 amide bonds. The van der Waals surface area contributed by atoms with Crippen molar-refractivity contribution in [2.24, 2.45) is 0 Å². The van der Waals surface area contributed by atoms with E-state index >= 15 is 0 Å². The van der Waals surface area contributed by atoms with Crippen molar-refractivity contribution >= 4 is 5.78 Å². The third-order valence-electron chi connectivity index (χ3n) is 2.32. The maximum Gasteiger partial charge on any atom is 0.164 e. The molecule has 1 aromatic heterocycles. The van der Waals surface area contributed by atoms with Gasteiger partial charge in [0.2, 0.25) is 0 Å². The van der Waals surface area contributed by atoms with E-state index in [1.165, 1.54) is 6.07 Å². The van der Waals surface area contributed by atoms with Gasteiger partial charge < -0.3 is 9.67 Å². The number of hydrogen-bond acceptors (Lipinski definition) is 3. The highest BCUT2D eigenvalue weighted by atomic mass is 16.3. The molecule has 0 saturated heterocycles. The fourth-order valence-corrected chi connectivity index (χ4v) is 1.47. The molecule has 2 rings (SSSR count). The number of hydrogen-bond donors (Lipinski definition) is 1. The van der Waals surface area contributed by atoms with Gasteiger partial charge in [-0.1, -0.05) is 12.1 Å². The topological polar surface area (TPSA) is 55.1 Å². The summed E-state index contributed by atoms with van der Waals surface area (Å²) in [7, 11) is 0. The predicted molar refractivity (Wildman–Crippen MR) is 59.3 cm³/mol. The average molecular weight is 216 g/mol. The number of ketones is 1. The largest absolute Gasteiger partial charge is 0.508 e. The molecule has 4 nitrogen and oxygen atoms in total. The molecule has 0 atom stereocenters. The summed E-state index contributed by atoms with van der Waals surface area (Å²) in [6.45, 7) is 0.606. The number of imidazole rings is 1. The number of Topliss-reactive ketones (excluding diaryl/α,β-unsaturated/α-hetero) is 1. The van der Waals surface area contributed by atoms with E-state index < -0.39 is 0 Å². The van der Waals surface area contributed by atoms with E-state index in [-0.39, 0.29) is 11.5 Å². The Bertz CT molecular complexity index is 478. The molecule has 16 heavy (non-hydrogen) atoms. The summed E-state index contributed by atoms with van der Waals surface area (Å²) in [4.78, 5) is 15.6. The van der Waals surface area contributed by atoms with Crippen LogP contribution in [0, 0.1) is 0 Å². The molecule has 82 valence electrons. The molecule has 0 aliphatic carbocycles. The second kappa shape index (κ2) is 4.61. The summed E-state index contributed by atoms with van der Waals surface area (Å²) in [5, 5.41) is 9.25. The number of rotatable bonds is 4. The number of phenolic OH excluding ortho intramolecular Hbond substituents is 1. The molecule has 0 saturated carbocycles.